The van der Waals surface area contributed by atoms with Gasteiger partial charge in [-0.15, -0.1) is 0 Å². The SMILES string of the molecule is CN(C)c1ccc(NC(=O)[C@@H]2CC(=O)N(c3ccc4c(c3)OCCO4)C2)cn1. The number of aromatic nitrogens is 1. The number of amides is 2. The first kappa shape index (κ1) is 18.1. The average Bonchev–Trinajstić information content (AvgIpc) is 3.10. The van der Waals surface area contributed by atoms with Crippen LogP contribution < -0.4 is 24.6 Å². The van der Waals surface area contributed by atoms with Gasteiger partial charge in [0.15, 0.2) is 11.5 Å². The Morgan fingerprint density at radius 2 is 1.96 bits per heavy atom. The molecule has 0 unspecified atom stereocenters. The van der Waals surface area contributed by atoms with Gasteiger partial charge in [-0.3, -0.25) is 9.59 Å². The van der Waals surface area contributed by atoms with Crippen LogP contribution in [0.3, 0.4) is 0 Å². The third-order valence-corrected chi connectivity index (χ3v) is 4.81. The molecule has 8 heteroatoms. The number of ether oxygens (including phenoxy) is 2. The number of nitrogens with zero attached hydrogens (tertiary/aromatic N) is 3. The summed E-state index contributed by atoms with van der Waals surface area (Å²) in [5.41, 5.74) is 1.32. The van der Waals surface area contributed by atoms with Crippen LogP contribution in [0.25, 0.3) is 0 Å². The van der Waals surface area contributed by atoms with Gasteiger partial charge in [-0.25, -0.2) is 4.98 Å². The number of fused-ring (bicyclic) bond motifs is 1. The molecule has 0 spiro atoms. The summed E-state index contributed by atoms with van der Waals surface area (Å²) < 4.78 is 11.1. The lowest BCUT2D eigenvalue weighted by atomic mass is 10.1. The van der Waals surface area contributed by atoms with Crippen molar-refractivity contribution in [2.24, 2.45) is 5.92 Å². The van der Waals surface area contributed by atoms with E-state index in [1.54, 1.807) is 29.3 Å². The molecule has 8 nitrogen and oxygen atoms in total. The molecule has 2 aromatic rings. The molecule has 28 heavy (non-hydrogen) atoms. The molecule has 1 fully saturated rings. The van der Waals surface area contributed by atoms with E-state index in [4.69, 9.17) is 9.47 Å². The number of rotatable bonds is 4. The van der Waals surface area contributed by atoms with Crippen molar-refractivity contribution in [1.29, 1.82) is 0 Å². The van der Waals surface area contributed by atoms with Crippen molar-refractivity contribution in [1.82, 2.24) is 4.98 Å². The Balaban J connectivity index is 1.43. The van der Waals surface area contributed by atoms with Crippen molar-refractivity contribution < 1.29 is 19.1 Å². The second-order valence-corrected chi connectivity index (χ2v) is 7.02. The highest BCUT2D eigenvalue weighted by atomic mass is 16.6. The lowest BCUT2D eigenvalue weighted by molar-refractivity contribution is -0.122. The summed E-state index contributed by atoms with van der Waals surface area (Å²) in [5.74, 6) is 1.40. The minimum absolute atomic E-state index is 0.0853. The molecule has 146 valence electrons. The van der Waals surface area contributed by atoms with Crippen molar-refractivity contribution in [3.05, 3.63) is 36.5 Å². The standard InChI is InChI=1S/C20H22N4O4/c1-23(2)18-6-3-14(11-21-18)22-20(26)13-9-19(25)24(12-13)15-4-5-16-17(10-15)28-8-7-27-16/h3-6,10-11,13H,7-9,12H2,1-2H3,(H,22,26)/t13-/m1/s1. The van der Waals surface area contributed by atoms with E-state index in [2.05, 4.69) is 10.3 Å². The first-order chi connectivity index (χ1) is 13.5. The molecule has 0 saturated carbocycles. The van der Waals surface area contributed by atoms with Crippen LogP contribution in [0, 0.1) is 5.92 Å². The fourth-order valence-electron chi connectivity index (χ4n) is 3.30. The fourth-order valence-corrected chi connectivity index (χ4v) is 3.30. The Kier molecular flexibility index (Phi) is 4.77. The van der Waals surface area contributed by atoms with E-state index in [0.29, 0.717) is 42.6 Å². The number of hydrogen-bond donors (Lipinski definition) is 1. The highest BCUT2D eigenvalue weighted by Crippen LogP contribution is 2.36. The predicted molar refractivity (Wildman–Crippen MR) is 105 cm³/mol. The first-order valence-electron chi connectivity index (χ1n) is 9.15. The number of hydrogen-bond acceptors (Lipinski definition) is 6. The lowest BCUT2D eigenvalue weighted by Gasteiger charge is -2.22. The van der Waals surface area contributed by atoms with Crippen molar-refractivity contribution in [3.63, 3.8) is 0 Å². The van der Waals surface area contributed by atoms with E-state index in [0.717, 1.165) is 5.82 Å². The van der Waals surface area contributed by atoms with E-state index in [1.807, 2.05) is 31.1 Å². The Morgan fingerprint density at radius 3 is 2.68 bits per heavy atom. The van der Waals surface area contributed by atoms with Gasteiger partial charge in [0.2, 0.25) is 11.8 Å². The Morgan fingerprint density at radius 1 is 1.18 bits per heavy atom. The predicted octanol–water partition coefficient (Wildman–Crippen LogP) is 1.91. The van der Waals surface area contributed by atoms with Crippen LogP contribution in [0.2, 0.25) is 0 Å². The summed E-state index contributed by atoms with van der Waals surface area (Å²) in [6, 6.07) is 9.03. The smallest absolute Gasteiger partial charge is 0.229 e. The molecule has 0 radical (unpaired) electrons. The summed E-state index contributed by atoms with van der Waals surface area (Å²) in [4.78, 5) is 32.9. The zero-order chi connectivity index (χ0) is 19.7. The minimum atomic E-state index is -0.422. The number of anilines is 3. The van der Waals surface area contributed by atoms with Gasteiger partial charge in [-0.05, 0) is 24.3 Å². The van der Waals surface area contributed by atoms with E-state index >= 15 is 0 Å². The molecule has 0 bridgehead atoms. The van der Waals surface area contributed by atoms with Gasteiger partial charge in [-0.2, -0.15) is 0 Å². The summed E-state index contributed by atoms with van der Waals surface area (Å²) >= 11 is 0. The highest BCUT2D eigenvalue weighted by molar-refractivity contribution is 6.03. The second kappa shape index (κ2) is 7.38. The molecule has 1 N–H and O–H groups in total. The molecular weight excluding hydrogens is 360 g/mol. The van der Waals surface area contributed by atoms with Crippen LogP contribution >= 0.6 is 0 Å². The van der Waals surface area contributed by atoms with Crippen LogP contribution in [0.5, 0.6) is 11.5 Å². The first-order valence-corrected chi connectivity index (χ1v) is 9.15. The van der Waals surface area contributed by atoms with Crippen LogP contribution in [0.1, 0.15) is 6.42 Å². The van der Waals surface area contributed by atoms with Crippen molar-refractivity contribution in [3.8, 4) is 11.5 Å². The fraction of sp³-hybridized carbons (Fsp3) is 0.350. The average molecular weight is 382 g/mol. The van der Waals surface area contributed by atoms with Gasteiger partial charge in [0.05, 0.1) is 17.8 Å². The van der Waals surface area contributed by atoms with Gasteiger partial charge in [0.25, 0.3) is 0 Å². The van der Waals surface area contributed by atoms with Gasteiger partial charge < -0.3 is 24.6 Å². The van der Waals surface area contributed by atoms with Gasteiger partial charge in [0.1, 0.15) is 19.0 Å². The Hall–Kier alpha value is -3.29. The van der Waals surface area contributed by atoms with Gasteiger partial charge in [0, 0.05) is 38.8 Å². The van der Waals surface area contributed by atoms with Crippen LogP contribution in [0.4, 0.5) is 17.2 Å². The zero-order valence-electron chi connectivity index (χ0n) is 15.8. The lowest BCUT2D eigenvalue weighted by Crippen LogP contribution is -2.28. The molecule has 2 aliphatic rings. The highest BCUT2D eigenvalue weighted by Gasteiger charge is 2.35. The number of nitrogens with one attached hydrogen (secondary N) is 1. The molecule has 0 aliphatic carbocycles. The summed E-state index contributed by atoms with van der Waals surface area (Å²) in [6.07, 6.45) is 1.78. The van der Waals surface area contributed by atoms with Crippen molar-refractivity contribution in [2.45, 2.75) is 6.42 Å². The van der Waals surface area contributed by atoms with E-state index in [9.17, 15) is 9.59 Å². The molecule has 2 amide bonds. The van der Waals surface area contributed by atoms with E-state index < -0.39 is 5.92 Å². The normalized spacial score (nSPS) is 18.1. The van der Waals surface area contributed by atoms with E-state index in [-0.39, 0.29) is 18.2 Å². The molecule has 2 aliphatic heterocycles. The van der Waals surface area contributed by atoms with Gasteiger partial charge >= 0.3 is 0 Å². The maximum atomic E-state index is 12.6. The van der Waals surface area contributed by atoms with Crippen molar-refractivity contribution >= 4 is 29.0 Å². The van der Waals surface area contributed by atoms with E-state index in [1.165, 1.54) is 0 Å². The third-order valence-electron chi connectivity index (χ3n) is 4.81. The maximum Gasteiger partial charge on any atom is 0.229 e. The molecule has 1 aromatic heterocycles. The number of pyridine rings is 1. The molecule has 4 rings (SSSR count). The maximum absolute atomic E-state index is 12.6. The minimum Gasteiger partial charge on any atom is -0.486 e. The molecule has 3 heterocycles. The number of benzene rings is 1. The number of carbonyl (C=O) groups excluding carboxylic acids is 2. The Bertz CT molecular complexity index is 898. The second-order valence-electron chi connectivity index (χ2n) is 7.02. The molecule has 1 atom stereocenters. The van der Waals surface area contributed by atoms with Crippen LogP contribution in [0.15, 0.2) is 36.5 Å². The summed E-state index contributed by atoms with van der Waals surface area (Å²) in [5, 5.41) is 2.85. The zero-order valence-corrected chi connectivity index (χ0v) is 15.8. The monoisotopic (exact) mass is 382 g/mol. The number of carbonyl (C=O) groups is 2. The van der Waals surface area contributed by atoms with Crippen LogP contribution in [-0.2, 0) is 9.59 Å². The summed E-state index contributed by atoms with van der Waals surface area (Å²) in [6.45, 7) is 1.32. The largest absolute Gasteiger partial charge is 0.486 e. The van der Waals surface area contributed by atoms with Crippen molar-refractivity contribution in [2.75, 3.05) is 49.0 Å². The quantitative estimate of drug-likeness (QED) is 0.870. The van der Waals surface area contributed by atoms with Gasteiger partial charge in [-0.1, -0.05) is 0 Å². The van der Waals surface area contributed by atoms with Crippen LogP contribution in [-0.4, -0.2) is 50.7 Å². The summed E-state index contributed by atoms with van der Waals surface area (Å²) in [7, 11) is 3.80. The topological polar surface area (TPSA) is 84.0 Å². The Labute approximate surface area is 163 Å². The molecule has 1 saturated heterocycles. The molecular formula is C20H22N4O4. The third kappa shape index (κ3) is 3.58. The molecule has 1 aromatic carbocycles.